The van der Waals surface area contributed by atoms with Gasteiger partial charge in [0.25, 0.3) is 5.56 Å². The van der Waals surface area contributed by atoms with E-state index in [4.69, 9.17) is 9.15 Å². The van der Waals surface area contributed by atoms with E-state index in [0.29, 0.717) is 22.0 Å². The number of benzene rings is 1. The number of H-pyrrole nitrogens is 1. The van der Waals surface area contributed by atoms with E-state index in [2.05, 4.69) is 4.98 Å². The molecule has 0 saturated carbocycles. The zero-order valence-electron chi connectivity index (χ0n) is 11.1. The molecular weight excluding hydrogens is 258 g/mol. The van der Waals surface area contributed by atoms with Crippen molar-refractivity contribution in [3.05, 3.63) is 46.1 Å². The van der Waals surface area contributed by atoms with Gasteiger partial charge in [-0.25, -0.2) is 4.79 Å². The van der Waals surface area contributed by atoms with Crippen LogP contribution in [0.4, 0.5) is 0 Å². The number of aromatic amines is 1. The van der Waals surface area contributed by atoms with Gasteiger partial charge in [0, 0.05) is 10.9 Å². The number of hydrogen-bond acceptors (Lipinski definition) is 4. The van der Waals surface area contributed by atoms with Crippen molar-refractivity contribution in [1.82, 2.24) is 4.98 Å². The van der Waals surface area contributed by atoms with Crippen molar-refractivity contribution in [2.24, 2.45) is 0 Å². The fraction of sp³-hybridized carbons (Fsp3) is 0.200. The first kappa shape index (κ1) is 12.5. The maximum atomic E-state index is 12.1. The van der Waals surface area contributed by atoms with Crippen molar-refractivity contribution in [2.75, 3.05) is 6.61 Å². The SMILES string of the molecule is CCOC(=O)c1oc(C)c2c(=O)[nH]c3ccccc3c12. The third-order valence-corrected chi connectivity index (χ3v) is 3.22. The van der Waals surface area contributed by atoms with Crippen LogP contribution in [0.5, 0.6) is 0 Å². The Morgan fingerprint density at radius 3 is 2.80 bits per heavy atom. The van der Waals surface area contributed by atoms with Crippen LogP contribution < -0.4 is 5.56 Å². The zero-order chi connectivity index (χ0) is 14.3. The molecule has 0 aliphatic carbocycles. The van der Waals surface area contributed by atoms with Crippen LogP contribution in [-0.4, -0.2) is 17.6 Å². The maximum absolute atomic E-state index is 12.1. The molecule has 0 aliphatic rings. The molecule has 3 aromatic rings. The molecular formula is C15H13NO4. The molecule has 0 bridgehead atoms. The van der Waals surface area contributed by atoms with Gasteiger partial charge in [0.2, 0.25) is 5.76 Å². The lowest BCUT2D eigenvalue weighted by atomic mass is 10.1. The number of furan rings is 1. The number of esters is 1. The Morgan fingerprint density at radius 2 is 2.05 bits per heavy atom. The number of carbonyl (C=O) groups is 1. The van der Waals surface area contributed by atoms with E-state index in [1.807, 2.05) is 18.2 Å². The Balaban J connectivity index is 2.49. The minimum absolute atomic E-state index is 0.0849. The number of carbonyl (C=O) groups excluding carboxylic acids is 1. The van der Waals surface area contributed by atoms with Crippen molar-refractivity contribution in [3.8, 4) is 0 Å². The zero-order valence-corrected chi connectivity index (χ0v) is 11.1. The maximum Gasteiger partial charge on any atom is 0.374 e. The number of aromatic nitrogens is 1. The van der Waals surface area contributed by atoms with Gasteiger partial charge in [0.1, 0.15) is 5.76 Å². The van der Waals surface area contributed by atoms with Crippen molar-refractivity contribution in [2.45, 2.75) is 13.8 Å². The molecule has 5 nitrogen and oxygen atoms in total. The number of pyridine rings is 1. The van der Waals surface area contributed by atoms with Gasteiger partial charge in [0.05, 0.1) is 17.4 Å². The number of ether oxygens (including phenoxy) is 1. The Morgan fingerprint density at radius 1 is 1.30 bits per heavy atom. The van der Waals surface area contributed by atoms with Crippen LogP contribution in [0.3, 0.4) is 0 Å². The van der Waals surface area contributed by atoms with Crippen molar-refractivity contribution < 1.29 is 13.9 Å². The highest BCUT2D eigenvalue weighted by atomic mass is 16.5. The molecule has 1 N–H and O–H groups in total. The summed E-state index contributed by atoms with van der Waals surface area (Å²) in [6.07, 6.45) is 0. The number of nitrogens with one attached hydrogen (secondary N) is 1. The molecule has 5 heteroatoms. The van der Waals surface area contributed by atoms with Crippen LogP contribution >= 0.6 is 0 Å². The fourth-order valence-corrected chi connectivity index (χ4v) is 2.41. The average Bonchev–Trinajstić information content (AvgIpc) is 2.78. The van der Waals surface area contributed by atoms with Crippen LogP contribution in [0.25, 0.3) is 21.7 Å². The molecule has 2 aromatic heterocycles. The number of rotatable bonds is 2. The summed E-state index contributed by atoms with van der Waals surface area (Å²) >= 11 is 0. The fourth-order valence-electron chi connectivity index (χ4n) is 2.41. The number of hydrogen-bond donors (Lipinski definition) is 1. The van der Waals surface area contributed by atoms with Crippen molar-refractivity contribution >= 4 is 27.6 Å². The lowest BCUT2D eigenvalue weighted by Gasteiger charge is -2.01. The Labute approximate surface area is 114 Å². The van der Waals surface area contributed by atoms with E-state index in [-0.39, 0.29) is 17.9 Å². The minimum Gasteiger partial charge on any atom is -0.460 e. The van der Waals surface area contributed by atoms with Gasteiger partial charge in [-0.2, -0.15) is 0 Å². The van der Waals surface area contributed by atoms with Crippen LogP contribution in [-0.2, 0) is 4.74 Å². The second-order valence-electron chi connectivity index (χ2n) is 4.46. The summed E-state index contributed by atoms with van der Waals surface area (Å²) in [6, 6.07) is 7.29. The van der Waals surface area contributed by atoms with Gasteiger partial charge in [-0.1, -0.05) is 18.2 Å². The number of aryl methyl sites for hydroxylation is 1. The summed E-state index contributed by atoms with van der Waals surface area (Å²) in [5.41, 5.74) is 0.395. The normalized spacial score (nSPS) is 11.1. The molecule has 3 rings (SSSR count). The Bertz CT molecular complexity index is 873. The Hall–Kier alpha value is -2.56. The van der Waals surface area contributed by atoms with E-state index in [1.54, 1.807) is 19.9 Å². The van der Waals surface area contributed by atoms with Gasteiger partial charge in [-0.15, -0.1) is 0 Å². The van der Waals surface area contributed by atoms with E-state index in [0.717, 1.165) is 5.39 Å². The van der Waals surface area contributed by atoms with Gasteiger partial charge in [0.15, 0.2) is 0 Å². The molecule has 0 fully saturated rings. The minimum atomic E-state index is -0.554. The molecule has 0 amide bonds. The van der Waals surface area contributed by atoms with Crippen molar-refractivity contribution in [1.29, 1.82) is 0 Å². The smallest absolute Gasteiger partial charge is 0.374 e. The van der Waals surface area contributed by atoms with E-state index < -0.39 is 5.97 Å². The lowest BCUT2D eigenvalue weighted by Crippen LogP contribution is -2.08. The molecule has 0 spiro atoms. The van der Waals surface area contributed by atoms with Crippen LogP contribution in [0.2, 0.25) is 0 Å². The largest absolute Gasteiger partial charge is 0.460 e. The van der Waals surface area contributed by atoms with Crippen LogP contribution in [0.15, 0.2) is 33.5 Å². The summed E-state index contributed by atoms with van der Waals surface area (Å²) in [6.45, 7) is 3.64. The van der Waals surface area contributed by atoms with Crippen LogP contribution in [0.1, 0.15) is 23.2 Å². The average molecular weight is 271 g/mol. The molecule has 0 atom stereocenters. The van der Waals surface area contributed by atoms with Crippen LogP contribution in [0, 0.1) is 6.92 Å². The van der Waals surface area contributed by atoms with Gasteiger partial charge in [-0.3, -0.25) is 4.79 Å². The molecule has 1 aromatic carbocycles. The van der Waals surface area contributed by atoms with E-state index in [1.165, 1.54) is 0 Å². The van der Waals surface area contributed by atoms with E-state index >= 15 is 0 Å². The van der Waals surface area contributed by atoms with Gasteiger partial charge < -0.3 is 14.1 Å². The summed E-state index contributed by atoms with van der Waals surface area (Å²) in [5, 5.41) is 1.68. The number of para-hydroxylation sites is 1. The second kappa shape index (κ2) is 4.52. The molecule has 0 saturated heterocycles. The summed E-state index contributed by atoms with van der Waals surface area (Å²) in [5.74, 6) is -0.0574. The van der Waals surface area contributed by atoms with Crippen molar-refractivity contribution in [3.63, 3.8) is 0 Å². The molecule has 20 heavy (non-hydrogen) atoms. The van der Waals surface area contributed by atoms with E-state index in [9.17, 15) is 9.59 Å². The Kier molecular flexibility index (Phi) is 2.82. The standard InChI is InChI=1S/C15H13NO4/c1-3-19-15(18)13-12-9-6-4-5-7-10(9)16-14(17)11(12)8(2)20-13/h4-7H,3H2,1-2H3,(H,16,17). The number of fused-ring (bicyclic) bond motifs is 3. The highest BCUT2D eigenvalue weighted by molar-refractivity contribution is 6.14. The highest BCUT2D eigenvalue weighted by Crippen LogP contribution is 2.29. The lowest BCUT2D eigenvalue weighted by molar-refractivity contribution is 0.0492. The summed E-state index contributed by atoms with van der Waals surface area (Å²) < 4.78 is 10.5. The predicted octanol–water partition coefficient (Wildman–Crippen LogP) is 2.76. The quantitative estimate of drug-likeness (QED) is 0.727. The first-order valence-corrected chi connectivity index (χ1v) is 6.34. The topological polar surface area (TPSA) is 72.3 Å². The molecule has 2 heterocycles. The monoisotopic (exact) mass is 271 g/mol. The highest BCUT2D eigenvalue weighted by Gasteiger charge is 2.22. The third kappa shape index (κ3) is 1.71. The summed E-state index contributed by atoms with van der Waals surface area (Å²) in [7, 11) is 0. The molecule has 0 aliphatic heterocycles. The van der Waals surface area contributed by atoms with Gasteiger partial charge >= 0.3 is 5.97 Å². The molecule has 102 valence electrons. The molecule has 0 radical (unpaired) electrons. The molecule has 0 unspecified atom stereocenters. The third-order valence-electron chi connectivity index (χ3n) is 3.22. The first-order valence-electron chi connectivity index (χ1n) is 6.34. The van der Waals surface area contributed by atoms with Gasteiger partial charge in [-0.05, 0) is 19.9 Å². The summed E-state index contributed by atoms with van der Waals surface area (Å²) in [4.78, 5) is 26.9. The second-order valence-corrected chi connectivity index (χ2v) is 4.46. The predicted molar refractivity (Wildman–Crippen MR) is 75.0 cm³/mol. The first-order chi connectivity index (χ1) is 9.63.